The first-order chi connectivity index (χ1) is 6.74. The summed E-state index contributed by atoms with van der Waals surface area (Å²) >= 11 is 3.40. The molecule has 1 heterocycles. The van der Waals surface area contributed by atoms with E-state index in [2.05, 4.69) is 26.2 Å². The van der Waals surface area contributed by atoms with Crippen molar-refractivity contribution in [3.05, 3.63) is 34.5 Å². The van der Waals surface area contributed by atoms with Crippen LogP contribution >= 0.6 is 15.9 Å². The molecular formula is C10H14BrN3. The Morgan fingerprint density at radius 2 is 2.36 bits per heavy atom. The normalized spacial score (nSPS) is 10.8. The molecule has 0 aliphatic heterocycles. The number of rotatable bonds is 4. The lowest BCUT2D eigenvalue weighted by Crippen LogP contribution is -2.02. The Balaban J connectivity index is 2.51. The summed E-state index contributed by atoms with van der Waals surface area (Å²) in [6.07, 6.45) is 5.70. The van der Waals surface area contributed by atoms with Gasteiger partial charge in [0, 0.05) is 23.8 Å². The smallest absolute Gasteiger partial charge is 0.126 e. The first-order valence-corrected chi connectivity index (χ1v) is 5.24. The lowest BCUT2D eigenvalue weighted by molar-refractivity contribution is 1.18. The minimum atomic E-state index is 0.578. The van der Waals surface area contributed by atoms with Crippen LogP contribution in [0.1, 0.15) is 5.56 Å². The van der Waals surface area contributed by atoms with Gasteiger partial charge >= 0.3 is 0 Å². The zero-order valence-electron chi connectivity index (χ0n) is 8.13. The molecule has 1 rings (SSSR count). The zero-order valence-corrected chi connectivity index (χ0v) is 9.71. The summed E-state index contributed by atoms with van der Waals surface area (Å²) < 4.78 is 1.03. The molecule has 0 aliphatic carbocycles. The Hall–Kier alpha value is -0.870. The predicted molar refractivity (Wildman–Crippen MR) is 63.4 cm³/mol. The van der Waals surface area contributed by atoms with Crippen LogP contribution in [0.15, 0.2) is 28.9 Å². The summed E-state index contributed by atoms with van der Waals surface area (Å²) in [6, 6.07) is 2.00. The highest BCUT2D eigenvalue weighted by atomic mass is 79.9. The summed E-state index contributed by atoms with van der Waals surface area (Å²) in [5.74, 6) is 0.882. The van der Waals surface area contributed by atoms with Crippen LogP contribution in [0.2, 0.25) is 0 Å². The highest BCUT2D eigenvalue weighted by Crippen LogP contribution is 2.16. The fourth-order valence-electron chi connectivity index (χ4n) is 0.979. The topological polar surface area (TPSA) is 50.9 Å². The number of pyridine rings is 1. The molecule has 0 saturated heterocycles. The molecule has 0 amide bonds. The zero-order chi connectivity index (χ0) is 10.4. The Labute approximate surface area is 92.5 Å². The number of nitrogens with zero attached hydrogens (tertiary/aromatic N) is 1. The van der Waals surface area contributed by atoms with Crippen molar-refractivity contribution in [1.29, 1.82) is 0 Å². The Morgan fingerprint density at radius 1 is 1.57 bits per heavy atom. The fraction of sp³-hybridized carbons (Fsp3) is 0.300. The van der Waals surface area contributed by atoms with Crippen LogP contribution in [0.3, 0.4) is 0 Å². The van der Waals surface area contributed by atoms with Crippen molar-refractivity contribution in [2.45, 2.75) is 6.92 Å². The van der Waals surface area contributed by atoms with Crippen molar-refractivity contribution in [2.75, 3.05) is 18.4 Å². The lowest BCUT2D eigenvalue weighted by Gasteiger charge is -2.04. The molecule has 0 unspecified atom stereocenters. The van der Waals surface area contributed by atoms with E-state index in [9.17, 15) is 0 Å². The molecule has 14 heavy (non-hydrogen) atoms. The molecule has 0 spiro atoms. The minimum Gasteiger partial charge on any atom is -0.367 e. The molecule has 3 nitrogen and oxygen atoms in total. The molecule has 0 radical (unpaired) electrons. The Bertz CT molecular complexity index is 323. The molecule has 0 saturated carbocycles. The average molecular weight is 256 g/mol. The van der Waals surface area contributed by atoms with Crippen LogP contribution in [0.4, 0.5) is 5.82 Å². The molecule has 1 aromatic rings. The highest BCUT2D eigenvalue weighted by Gasteiger charge is 1.96. The molecule has 0 atom stereocenters. The summed E-state index contributed by atoms with van der Waals surface area (Å²) in [7, 11) is 0. The van der Waals surface area contributed by atoms with Gasteiger partial charge < -0.3 is 11.1 Å². The summed E-state index contributed by atoms with van der Waals surface area (Å²) in [4.78, 5) is 4.21. The van der Waals surface area contributed by atoms with Crippen molar-refractivity contribution < 1.29 is 0 Å². The maximum absolute atomic E-state index is 5.32. The number of nitrogens with two attached hydrogens (primary N) is 1. The molecule has 3 N–H and O–H groups in total. The van der Waals surface area contributed by atoms with Crippen LogP contribution in [-0.2, 0) is 0 Å². The molecular weight excluding hydrogens is 242 g/mol. The minimum absolute atomic E-state index is 0.578. The Morgan fingerprint density at radius 3 is 3.00 bits per heavy atom. The Kier molecular flexibility index (Phi) is 4.62. The van der Waals surface area contributed by atoms with Gasteiger partial charge in [-0.3, -0.25) is 0 Å². The standard InChI is InChI=1S/C10H14BrN3/c1-8-6-10(14-7-9(8)11)13-5-3-2-4-12/h2-3,6-7H,4-5,12H2,1H3,(H,13,14)/b3-2+. The number of anilines is 1. The average Bonchev–Trinajstić information content (AvgIpc) is 2.18. The number of hydrogen-bond donors (Lipinski definition) is 2. The number of nitrogens with one attached hydrogen (secondary N) is 1. The molecule has 0 aromatic carbocycles. The molecule has 0 aliphatic rings. The summed E-state index contributed by atoms with van der Waals surface area (Å²) in [6.45, 7) is 3.37. The fourth-order valence-corrected chi connectivity index (χ4v) is 1.20. The quantitative estimate of drug-likeness (QED) is 0.811. The molecule has 1 aromatic heterocycles. The maximum Gasteiger partial charge on any atom is 0.126 e. The highest BCUT2D eigenvalue weighted by molar-refractivity contribution is 9.10. The molecule has 0 bridgehead atoms. The number of aryl methyl sites for hydroxylation is 1. The van der Waals surface area contributed by atoms with Gasteiger partial charge in [-0.25, -0.2) is 4.98 Å². The van der Waals surface area contributed by atoms with Crippen molar-refractivity contribution >= 4 is 21.7 Å². The van der Waals surface area contributed by atoms with E-state index in [0.717, 1.165) is 16.8 Å². The SMILES string of the molecule is Cc1cc(NC/C=C/CN)ncc1Br. The van der Waals surface area contributed by atoms with E-state index in [-0.39, 0.29) is 0 Å². The van der Waals surface area contributed by atoms with Gasteiger partial charge in [-0.1, -0.05) is 12.2 Å². The van der Waals surface area contributed by atoms with Gasteiger partial charge in [-0.2, -0.15) is 0 Å². The third kappa shape index (κ3) is 3.47. The van der Waals surface area contributed by atoms with Crippen LogP contribution in [-0.4, -0.2) is 18.1 Å². The third-order valence-corrected chi connectivity index (χ3v) is 2.58. The van der Waals surface area contributed by atoms with E-state index < -0.39 is 0 Å². The maximum atomic E-state index is 5.32. The van der Waals surface area contributed by atoms with Crippen molar-refractivity contribution in [1.82, 2.24) is 4.98 Å². The van der Waals surface area contributed by atoms with Crippen molar-refractivity contribution in [3.8, 4) is 0 Å². The summed E-state index contributed by atoms with van der Waals surface area (Å²) in [5, 5.41) is 3.17. The first-order valence-electron chi connectivity index (χ1n) is 4.45. The second-order valence-corrected chi connectivity index (χ2v) is 3.76. The van der Waals surface area contributed by atoms with Gasteiger partial charge in [0.1, 0.15) is 5.82 Å². The number of aromatic nitrogens is 1. The molecule has 4 heteroatoms. The monoisotopic (exact) mass is 255 g/mol. The molecule has 76 valence electrons. The third-order valence-electron chi connectivity index (χ3n) is 1.75. The van der Waals surface area contributed by atoms with Gasteiger partial charge in [-0.05, 0) is 34.5 Å². The van der Waals surface area contributed by atoms with Gasteiger partial charge in [0.2, 0.25) is 0 Å². The van der Waals surface area contributed by atoms with Gasteiger partial charge in [-0.15, -0.1) is 0 Å². The van der Waals surface area contributed by atoms with E-state index in [1.807, 2.05) is 25.1 Å². The first kappa shape index (κ1) is 11.2. The summed E-state index contributed by atoms with van der Waals surface area (Å²) in [5.41, 5.74) is 6.49. The lowest BCUT2D eigenvalue weighted by atomic mass is 10.3. The van der Waals surface area contributed by atoms with E-state index in [0.29, 0.717) is 6.54 Å². The number of hydrogen-bond acceptors (Lipinski definition) is 3. The van der Waals surface area contributed by atoms with Crippen molar-refractivity contribution in [2.24, 2.45) is 5.73 Å². The van der Waals surface area contributed by atoms with Gasteiger partial charge in [0.25, 0.3) is 0 Å². The number of halogens is 1. The van der Waals surface area contributed by atoms with E-state index in [1.54, 1.807) is 6.20 Å². The largest absolute Gasteiger partial charge is 0.367 e. The van der Waals surface area contributed by atoms with Crippen LogP contribution in [0.5, 0.6) is 0 Å². The van der Waals surface area contributed by atoms with E-state index >= 15 is 0 Å². The van der Waals surface area contributed by atoms with Crippen LogP contribution < -0.4 is 11.1 Å². The van der Waals surface area contributed by atoms with Gasteiger partial charge in [0.05, 0.1) is 0 Å². The van der Waals surface area contributed by atoms with Crippen molar-refractivity contribution in [3.63, 3.8) is 0 Å². The second-order valence-electron chi connectivity index (χ2n) is 2.91. The predicted octanol–water partition coefficient (Wildman–Crippen LogP) is 2.08. The van der Waals surface area contributed by atoms with Crippen LogP contribution in [0, 0.1) is 6.92 Å². The van der Waals surface area contributed by atoms with Gasteiger partial charge in [0.15, 0.2) is 0 Å². The van der Waals surface area contributed by atoms with E-state index in [1.165, 1.54) is 5.56 Å². The second kappa shape index (κ2) is 5.78. The van der Waals surface area contributed by atoms with Crippen LogP contribution in [0.25, 0.3) is 0 Å². The van der Waals surface area contributed by atoms with E-state index in [4.69, 9.17) is 5.73 Å². The molecule has 0 fully saturated rings.